The Kier molecular flexibility index (Phi) is 6.41. The molecular formula is C16H22N4OS2. The van der Waals surface area contributed by atoms with Gasteiger partial charge in [-0.1, -0.05) is 49.1 Å². The van der Waals surface area contributed by atoms with Crippen LogP contribution in [0.5, 0.6) is 0 Å². The molecule has 2 N–H and O–H groups in total. The summed E-state index contributed by atoms with van der Waals surface area (Å²) in [5, 5.41) is 15.2. The molecule has 1 aromatic carbocycles. The van der Waals surface area contributed by atoms with Crippen LogP contribution in [-0.2, 0) is 4.79 Å². The van der Waals surface area contributed by atoms with Crippen molar-refractivity contribution in [2.45, 2.75) is 38.1 Å². The van der Waals surface area contributed by atoms with Crippen LogP contribution >= 0.6 is 23.1 Å². The van der Waals surface area contributed by atoms with Gasteiger partial charge in [0.15, 0.2) is 4.34 Å². The van der Waals surface area contributed by atoms with Gasteiger partial charge in [-0.25, -0.2) is 0 Å². The number of carbonyl (C=O) groups is 1. The Morgan fingerprint density at radius 3 is 2.78 bits per heavy atom. The number of rotatable bonds is 7. The molecule has 0 saturated heterocycles. The zero-order valence-electron chi connectivity index (χ0n) is 13.8. The van der Waals surface area contributed by atoms with Gasteiger partial charge in [0, 0.05) is 11.7 Å². The highest BCUT2D eigenvalue weighted by atomic mass is 32.2. The van der Waals surface area contributed by atoms with E-state index in [1.807, 2.05) is 32.0 Å². The smallest absolute Gasteiger partial charge is 0.230 e. The Bertz CT molecular complexity index is 657. The maximum atomic E-state index is 11.9. The summed E-state index contributed by atoms with van der Waals surface area (Å²) in [5.74, 6) is 0.811. The predicted molar refractivity (Wildman–Crippen MR) is 97.5 cm³/mol. The van der Waals surface area contributed by atoms with Crippen LogP contribution in [0.15, 0.2) is 28.6 Å². The molecule has 1 atom stereocenters. The molecule has 0 aliphatic rings. The predicted octanol–water partition coefficient (Wildman–Crippen LogP) is 3.84. The van der Waals surface area contributed by atoms with Crippen LogP contribution in [-0.4, -0.2) is 27.9 Å². The monoisotopic (exact) mass is 350 g/mol. The van der Waals surface area contributed by atoms with Gasteiger partial charge in [-0.15, -0.1) is 10.2 Å². The summed E-state index contributed by atoms with van der Waals surface area (Å²) in [7, 11) is 0. The van der Waals surface area contributed by atoms with Gasteiger partial charge in [-0.3, -0.25) is 4.79 Å². The number of nitrogens with zero attached hydrogens (tertiary/aromatic N) is 2. The van der Waals surface area contributed by atoms with Crippen molar-refractivity contribution in [2.75, 3.05) is 11.1 Å². The third-order valence-electron chi connectivity index (χ3n) is 3.39. The average molecular weight is 351 g/mol. The summed E-state index contributed by atoms with van der Waals surface area (Å²) in [5.41, 5.74) is 2.17. The van der Waals surface area contributed by atoms with Crippen molar-refractivity contribution < 1.29 is 4.79 Å². The van der Waals surface area contributed by atoms with Gasteiger partial charge in [-0.05, 0) is 37.5 Å². The third-order valence-corrected chi connectivity index (χ3v) is 5.36. The highest BCUT2D eigenvalue weighted by Crippen LogP contribution is 2.27. The summed E-state index contributed by atoms with van der Waals surface area (Å²) >= 11 is 2.86. The Hall–Kier alpha value is -1.60. The first kappa shape index (κ1) is 17.7. The number of benzene rings is 1. The van der Waals surface area contributed by atoms with Crippen LogP contribution in [0, 0.1) is 12.8 Å². The molecule has 0 spiro atoms. The summed E-state index contributed by atoms with van der Waals surface area (Å²) in [6.45, 7) is 8.24. The summed E-state index contributed by atoms with van der Waals surface area (Å²) in [6.07, 6.45) is 0. The van der Waals surface area contributed by atoms with Crippen LogP contribution in [0.2, 0.25) is 0 Å². The Labute approximate surface area is 145 Å². The first-order chi connectivity index (χ1) is 10.9. The van der Waals surface area contributed by atoms with Crippen LogP contribution in [0.3, 0.4) is 0 Å². The van der Waals surface area contributed by atoms with Crippen molar-refractivity contribution in [2.24, 2.45) is 5.92 Å². The van der Waals surface area contributed by atoms with Crippen LogP contribution in [0.25, 0.3) is 0 Å². The second-order valence-corrected chi connectivity index (χ2v) is 7.96. The number of aryl methyl sites for hydroxylation is 1. The molecule has 124 valence electrons. The standard InChI is InChI=1S/C16H22N4OS2/c1-10(2)12(4)17-14(21)9-22-16-20-19-15(23-16)18-13-7-5-6-11(3)8-13/h5-8,10,12H,9H2,1-4H3,(H,17,21)(H,18,19)/t12-/m0/s1. The van der Waals surface area contributed by atoms with E-state index in [1.54, 1.807) is 0 Å². The lowest BCUT2D eigenvalue weighted by Crippen LogP contribution is -2.37. The number of carbonyl (C=O) groups excluding carboxylic acids is 1. The lowest BCUT2D eigenvalue weighted by molar-refractivity contribution is -0.119. The Morgan fingerprint density at radius 2 is 2.09 bits per heavy atom. The lowest BCUT2D eigenvalue weighted by atomic mass is 10.1. The van der Waals surface area contributed by atoms with Crippen LogP contribution in [0.4, 0.5) is 10.8 Å². The maximum absolute atomic E-state index is 11.9. The molecule has 0 radical (unpaired) electrons. The summed E-state index contributed by atoms with van der Waals surface area (Å²) in [4.78, 5) is 11.9. The molecule has 2 rings (SSSR count). The summed E-state index contributed by atoms with van der Waals surface area (Å²) in [6, 6.07) is 8.26. The molecule has 2 aromatic rings. The van der Waals surface area contributed by atoms with Crippen molar-refractivity contribution in [3.63, 3.8) is 0 Å². The Balaban J connectivity index is 1.84. The zero-order valence-corrected chi connectivity index (χ0v) is 15.4. The molecule has 0 saturated carbocycles. The molecule has 0 bridgehead atoms. The fraction of sp³-hybridized carbons (Fsp3) is 0.438. The highest BCUT2D eigenvalue weighted by molar-refractivity contribution is 8.01. The highest BCUT2D eigenvalue weighted by Gasteiger charge is 2.12. The van der Waals surface area contributed by atoms with Gasteiger partial charge in [0.1, 0.15) is 0 Å². The van der Waals surface area contributed by atoms with E-state index in [9.17, 15) is 4.79 Å². The van der Waals surface area contributed by atoms with Gasteiger partial charge >= 0.3 is 0 Å². The van der Waals surface area contributed by atoms with Crippen molar-refractivity contribution in [1.29, 1.82) is 0 Å². The molecule has 0 fully saturated rings. The van der Waals surface area contributed by atoms with Crippen molar-refractivity contribution in [3.8, 4) is 0 Å². The second kappa shape index (κ2) is 8.31. The van der Waals surface area contributed by atoms with Gasteiger partial charge in [-0.2, -0.15) is 0 Å². The number of hydrogen-bond acceptors (Lipinski definition) is 6. The number of anilines is 2. The molecular weight excluding hydrogens is 328 g/mol. The molecule has 5 nitrogen and oxygen atoms in total. The fourth-order valence-corrected chi connectivity index (χ4v) is 3.34. The fourth-order valence-electron chi connectivity index (χ4n) is 1.75. The minimum atomic E-state index is 0.0274. The quantitative estimate of drug-likeness (QED) is 0.743. The maximum Gasteiger partial charge on any atom is 0.230 e. The minimum Gasteiger partial charge on any atom is -0.353 e. The van der Waals surface area contributed by atoms with Crippen molar-refractivity contribution >= 4 is 39.8 Å². The van der Waals surface area contributed by atoms with E-state index in [1.165, 1.54) is 28.7 Å². The summed E-state index contributed by atoms with van der Waals surface area (Å²) < 4.78 is 0.785. The largest absolute Gasteiger partial charge is 0.353 e. The minimum absolute atomic E-state index is 0.0274. The SMILES string of the molecule is Cc1cccc(Nc2nnc(SCC(=O)N[C@@H](C)C(C)C)s2)c1. The third kappa shape index (κ3) is 5.84. The first-order valence-corrected chi connectivity index (χ1v) is 9.33. The van der Waals surface area contributed by atoms with E-state index in [-0.39, 0.29) is 11.9 Å². The van der Waals surface area contributed by atoms with E-state index in [4.69, 9.17) is 0 Å². The number of thioether (sulfide) groups is 1. The van der Waals surface area contributed by atoms with E-state index in [2.05, 4.69) is 40.7 Å². The number of aromatic nitrogens is 2. The number of amides is 1. The molecule has 1 heterocycles. The number of hydrogen-bond donors (Lipinski definition) is 2. The topological polar surface area (TPSA) is 66.9 Å². The van der Waals surface area contributed by atoms with Gasteiger partial charge in [0.2, 0.25) is 11.0 Å². The van der Waals surface area contributed by atoms with E-state index in [0.717, 1.165) is 15.2 Å². The molecule has 0 aliphatic carbocycles. The van der Waals surface area contributed by atoms with E-state index >= 15 is 0 Å². The molecule has 7 heteroatoms. The molecule has 0 unspecified atom stereocenters. The van der Waals surface area contributed by atoms with Gasteiger partial charge in [0.05, 0.1) is 5.75 Å². The lowest BCUT2D eigenvalue weighted by Gasteiger charge is -2.16. The zero-order chi connectivity index (χ0) is 16.8. The second-order valence-electron chi connectivity index (χ2n) is 5.76. The molecule has 23 heavy (non-hydrogen) atoms. The molecule has 1 amide bonds. The normalized spacial score (nSPS) is 12.2. The van der Waals surface area contributed by atoms with Crippen LogP contribution < -0.4 is 10.6 Å². The average Bonchev–Trinajstić information content (AvgIpc) is 2.92. The first-order valence-electron chi connectivity index (χ1n) is 7.53. The van der Waals surface area contributed by atoms with Gasteiger partial charge in [0.25, 0.3) is 0 Å². The van der Waals surface area contributed by atoms with E-state index in [0.29, 0.717) is 11.7 Å². The molecule has 0 aliphatic heterocycles. The van der Waals surface area contributed by atoms with Crippen molar-refractivity contribution in [3.05, 3.63) is 29.8 Å². The van der Waals surface area contributed by atoms with Crippen molar-refractivity contribution in [1.82, 2.24) is 15.5 Å². The van der Waals surface area contributed by atoms with Gasteiger partial charge < -0.3 is 10.6 Å². The Morgan fingerprint density at radius 1 is 1.30 bits per heavy atom. The van der Waals surface area contributed by atoms with E-state index < -0.39 is 0 Å². The van der Waals surface area contributed by atoms with Crippen LogP contribution in [0.1, 0.15) is 26.3 Å². The number of nitrogens with one attached hydrogen (secondary N) is 2. The molecule has 1 aromatic heterocycles.